The second kappa shape index (κ2) is 12.3. The van der Waals surface area contributed by atoms with Crippen LogP contribution in [-0.4, -0.2) is 71.0 Å². The highest BCUT2D eigenvalue weighted by Gasteiger charge is 2.35. The lowest BCUT2D eigenvalue weighted by Gasteiger charge is -2.24. The molecule has 0 unspecified atom stereocenters. The molecule has 200 valence electrons. The van der Waals surface area contributed by atoms with Crippen LogP contribution in [0.4, 0.5) is 15.4 Å². The van der Waals surface area contributed by atoms with Crippen molar-refractivity contribution in [1.82, 2.24) is 19.8 Å². The molecule has 12 heteroatoms. The Kier molecular flexibility index (Phi) is 9.23. The third kappa shape index (κ3) is 8.60. The van der Waals surface area contributed by atoms with Gasteiger partial charge in [-0.3, -0.25) is 19.6 Å². The van der Waals surface area contributed by atoms with E-state index in [1.165, 1.54) is 23.9 Å². The molecule has 12 nitrogen and oxygen atoms in total. The first-order valence-electron chi connectivity index (χ1n) is 11.9. The van der Waals surface area contributed by atoms with Gasteiger partial charge in [0.2, 0.25) is 0 Å². The maximum absolute atomic E-state index is 12.8. The molecule has 2 N–H and O–H groups in total. The van der Waals surface area contributed by atoms with Gasteiger partial charge in [-0.1, -0.05) is 30.3 Å². The number of amides is 2. The van der Waals surface area contributed by atoms with Crippen molar-refractivity contribution in [3.05, 3.63) is 58.6 Å². The Balaban J connectivity index is 1.62. The topological polar surface area (TPSA) is 141 Å². The summed E-state index contributed by atoms with van der Waals surface area (Å²) >= 11 is 0. The van der Waals surface area contributed by atoms with Gasteiger partial charge in [0.05, 0.1) is 19.7 Å². The van der Waals surface area contributed by atoms with E-state index in [-0.39, 0.29) is 37.6 Å². The summed E-state index contributed by atoms with van der Waals surface area (Å²) in [5.74, 6) is -0.367. The highest BCUT2D eigenvalue weighted by atomic mass is 16.6. The minimum Gasteiger partial charge on any atom is -0.468 e. The lowest BCUT2D eigenvalue weighted by molar-refractivity contribution is -0.142. The van der Waals surface area contributed by atoms with Crippen molar-refractivity contribution in [3.8, 4) is 0 Å². The summed E-state index contributed by atoms with van der Waals surface area (Å²) in [6.45, 7) is 5.97. The number of methoxy groups -OCH3 is 1. The van der Waals surface area contributed by atoms with Crippen LogP contribution in [0.2, 0.25) is 0 Å². The van der Waals surface area contributed by atoms with Crippen LogP contribution in [0.3, 0.4) is 0 Å². The smallest absolute Gasteiger partial charge is 0.413 e. The number of hydrogen-bond donors (Lipinski definition) is 2. The largest absolute Gasteiger partial charge is 0.468 e. The fraction of sp³-hybridized carbons (Fsp3) is 0.480. The van der Waals surface area contributed by atoms with Crippen LogP contribution in [0.15, 0.2) is 47.4 Å². The number of likely N-dealkylation sites (tertiary alicyclic amines) is 1. The summed E-state index contributed by atoms with van der Waals surface area (Å²) in [7, 11) is 1.30. The van der Waals surface area contributed by atoms with E-state index in [9.17, 15) is 19.2 Å². The van der Waals surface area contributed by atoms with Gasteiger partial charge >= 0.3 is 23.8 Å². The van der Waals surface area contributed by atoms with Crippen LogP contribution in [0.5, 0.6) is 0 Å². The average Bonchev–Trinajstić information content (AvgIpc) is 3.23. The highest BCUT2D eigenvalue weighted by Crippen LogP contribution is 2.26. The molecule has 1 aromatic carbocycles. The Morgan fingerprint density at radius 1 is 1.11 bits per heavy atom. The van der Waals surface area contributed by atoms with Gasteiger partial charge in [0, 0.05) is 25.3 Å². The van der Waals surface area contributed by atoms with Crippen molar-refractivity contribution >= 4 is 24.0 Å². The first-order valence-corrected chi connectivity index (χ1v) is 11.9. The molecule has 2 aromatic rings. The Labute approximate surface area is 214 Å². The summed E-state index contributed by atoms with van der Waals surface area (Å²) < 4.78 is 16.7. The molecule has 0 radical (unpaired) electrons. The summed E-state index contributed by atoms with van der Waals surface area (Å²) in [4.78, 5) is 54.7. The van der Waals surface area contributed by atoms with E-state index >= 15 is 0 Å². The lowest BCUT2D eigenvalue weighted by atomic mass is 10.1. The zero-order chi connectivity index (χ0) is 27.0. The van der Waals surface area contributed by atoms with Gasteiger partial charge in [-0.05, 0) is 38.8 Å². The number of aromatic nitrogens is 2. The molecule has 37 heavy (non-hydrogen) atoms. The van der Waals surface area contributed by atoms with E-state index in [0.717, 1.165) is 5.56 Å². The van der Waals surface area contributed by atoms with Crippen molar-refractivity contribution < 1.29 is 28.6 Å². The molecule has 2 atom stereocenters. The van der Waals surface area contributed by atoms with Crippen molar-refractivity contribution in [3.63, 3.8) is 0 Å². The Morgan fingerprint density at radius 3 is 2.49 bits per heavy atom. The standard InChI is InChI=1S/C25H33N5O7/c1-25(2,3)37-23(33)26-13-18-12-19(14-29(18)15-21(31)35-4)30-11-10-20(27-22(30)32)28-24(34)36-16-17-8-6-5-7-9-17/h5-11,18-19H,12-16H2,1-4H3,(H,26,33)(H,27,28,32,34)/t18-,19-/m1/s1. The second-order valence-corrected chi connectivity index (χ2v) is 9.62. The van der Waals surface area contributed by atoms with Crippen molar-refractivity contribution in [1.29, 1.82) is 0 Å². The van der Waals surface area contributed by atoms with E-state index in [2.05, 4.69) is 15.6 Å². The molecule has 1 fully saturated rings. The van der Waals surface area contributed by atoms with Gasteiger partial charge in [-0.2, -0.15) is 4.98 Å². The van der Waals surface area contributed by atoms with Crippen LogP contribution in [-0.2, 0) is 25.6 Å². The third-order valence-electron chi connectivity index (χ3n) is 5.61. The monoisotopic (exact) mass is 515 g/mol. The SMILES string of the molecule is COC(=O)CN1C[C@H](n2ccc(NC(=O)OCc3ccccc3)nc2=O)C[C@@H]1CNC(=O)OC(C)(C)C. The molecule has 1 aromatic heterocycles. The molecule has 1 aliphatic rings. The Bertz CT molecular complexity index is 1150. The molecule has 1 aliphatic heterocycles. The fourth-order valence-corrected chi connectivity index (χ4v) is 3.93. The number of rotatable bonds is 8. The molecule has 2 amide bonds. The predicted molar refractivity (Wildman–Crippen MR) is 134 cm³/mol. The zero-order valence-electron chi connectivity index (χ0n) is 21.4. The Hall–Kier alpha value is -3.93. The number of carbonyl (C=O) groups excluding carboxylic acids is 3. The van der Waals surface area contributed by atoms with Crippen LogP contribution in [0.25, 0.3) is 0 Å². The predicted octanol–water partition coefficient (Wildman–Crippen LogP) is 2.31. The quantitative estimate of drug-likeness (QED) is 0.400. The minimum absolute atomic E-state index is 0.00272. The summed E-state index contributed by atoms with van der Waals surface area (Å²) in [5, 5.41) is 5.18. The number of esters is 1. The summed E-state index contributed by atoms with van der Waals surface area (Å²) in [5.41, 5.74) is -0.379. The number of alkyl carbamates (subject to hydrolysis) is 1. The van der Waals surface area contributed by atoms with Crippen LogP contribution >= 0.6 is 0 Å². The molecular formula is C25H33N5O7. The van der Waals surface area contributed by atoms with Gasteiger partial charge in [0.15, 0.2) is 0 Å². The van der Waals surface area contributed by atoms with Crippen LogP contribution in [0.1, 0.15) is 38.8 Å². The number of benzene rings is 1. The van der Waals surface area contributed by atoms with E-state index < -0.39 is 29.4 Å². The molecule has 0 aliphatic carbocycles. The molecular weight excluding hydrogens is 482 g/mol. The minimum atomic E-state index is -0.730. The van der Waals surface area contributed by atoms with Crippen molar-refractivity contribution in [2.45, 2.75) is 51.5 Å². The van der Waals surface area contributed by atoms with Crippen LogP contribution < -0.4 is 16.3 Å². The van der Waals surface area contributed by atoms with E-state index in [1.54, 1.807) is 20.8 Å². The molecule has 1 saturated heterocycles. The van der Waals surface area contributed by atoms with E-state index in [0.29, 0.717) is 13.0 Å². The zero-order valence-corrected chi connectivity index (χ0v) is 21.4. The van der Waals surface area contributed by atoms with Gasteiger partial charge in [-0.15, -0.1) is 0 Å². The van der Waals surface area contributed by atoms with Gasteiger partial charge in [-0.25, -0.2) is 14.4 Å². The molecule has 0 bridgehead atoms. The fourth-order valence-electron chi connectivity index (χ4n) is 3.93. The molecule has 2 heterocycles. The lowest BCUT2D eigenvalue weighted by Crippen LogP contribution is -2.43. The number of hydrogen-bond acceptors (Lipinski definition) is 9. The number of ether oxygens (including phenoxy) is 3. The average molecular weight is 516 g/mol. The van der Waals surface area contributed by atoms with Gasteiger partial charge < -0.3 is 19.5 Å². The van der Waals surface area contributed by atoms with E-state index in [1.807, 2.05) is 35.2 Å². The van der Waals surface area contributed by atoms with Crippen molar-refractivity contribution in [2.24, 2.45) is 0 Å². The van der Waals surface area contributed by atoms with E-state index in [4.69, 9.17) is 14.2 Å². The van der Waals surface area contributed by atoms with Crippen LogP contribution in [0, 0.1) is 0 Å². The van der Waals surface area contributed by atoms with Gasteiger partial charge in [0.1, 0.15) is 18.0 Å². The summed E-state index contributed by atoms with van der Waals surface area (Å²) in [6, 6.07) is 10.1. The summed E-state index contributed by atoms with van der Waals surface area (Å²) in [6.07, 6.45) is 0.710. The first kappa shape index (κ1) is 27.7. The highest BCUT2D eigenvalue weighted by molar-refractivity contribution is 5.83. The molecule has 3 rings (SSSR count). The second-order valence-electron chi connectivity index (χ2n) is 9.62. The number of anilines is 1. The Morgan fingerprint density at radius 2 is 1.84 bits per heavy atom. The third-order valence-corrected chi connectivity index (χ3v) is 5.61. The number of nitrogens with one attached hydrogen (secondary N) is 2. The maximum Gasteiger partial charge on any atom is 0.413 e. The number of carbonyl (C=O) groups is 3. The first-order chi connectivity index (χ1) is 17.5. The normalized spacial score (nSPS) is 17.6. The maximum atomic E-state index is 12.8. The number of nitrogens with zero attached hydrogens (tertiary/aromatic N) is 3. The molecule has 0 spiro atoms. The van der Waals surface area contributed by atoms with Gasteiger partial charge in [0.25, 0.3) is 0 Å². The molecule has 0 saturated carbocycles. The van der Waals surface area contributed by atoms with Crippen molar-refractivity contribution in [2.75, 3.05) is 32.1 Å².